The number of halogens is 1. The predicted octanol–water partition coefficient (Wildman–Crippen LogP) is 4.12. The Bertz CT molecular complexity index is 716. The van der Waals surface area contributed by atoms with Crippen molar-refractivity contribution in [2.75, 3.05) is 5.32 Å². The molecule has 2 aromatic carbocycles. The van der Waals surface area contributed by atoms with E-state index in [1.165, 1.54) is 0 Å². The lowest BCUT2D eigenvalue weighted by molar-refractivity contribution is 0.0940. The van der Waals surface area contributed by atoms with E-state index in [0.29, 0.717) is 21.8 Å². The van der Waals surface area contributed by atoms with Crippen molar-refractivity contribution in [2.45, 2.75) is 26.3 Å². The molecule has 0 aliphatic heterocycles. The van der Waals surface area contributed by atoms with Crippen LogP contribution in [0.4, 0.5) is 5.69 Å². The molecule has 4 nitrogen and oxygen atoms in total. The Balaban J connectivity index is 2.22. The van der Waals surface area contributed by atoms with Crippen LogP contribution < -0.4 is 10.6 Å². The SMILES string of the molecule is CC[C@H](C)NC(=O)c1ccccc1NC(=O)c1ccccc1Cl. The molecule has 0 aromatic heterocycles. The van der Waals surface area contributed by atoms with Gasteiger partial charge in [-0.2, -0.15) is 0 Å². The van der Waals surface area contributed by atoms with Crippen molar-refractivity contribution >= 4 is 29.1 Å². The first-order chi connectivity index (χ1) is 11.0. The van der Waals surface area contributed by atoms with Crippen molar-refractivity contribution in [1.29, 1.82) is 0 Å². The summed E-state index contributed by atoms with van der Waals surface area (Å²) in [6.07, 6.45) is 0.833. The average Bonchev–Trinajstić information content (AvgIpc) is 2.55. The highest BCUT2D eigenvalue weighted by Crippen LogP contribution is 2.20. The van der Waals surface area contributed by atoms with Crippen LogP contribution in [0.3, 0.4) is 0 Å². The van der Waals surface area contributed by atoms with Gasteiger partial charge in [-0.15, -0.1) is 0 Å². The molecule has 5 heteroatoms. The van der Waals surface area contributed by atoms with Crippen molar-refractivity contribution in [3.05, 3.63) is 64.7 Å². The second-order valence-corrected chi connectivity index (χ2v) is 5.67. The fourth-order valence-corrected chi connectivity index (χ4v) is 2.25. The molecule has 0 heterocycles. The summed E-state index contributed by atoms with van der Waals surface area (Å²) in [5.41, 5.74) is 1.25. The summed E-state index contributed by atoms with van der Waals surface area (Å²) in [4.78, 5) is 24.7. The molecule has 2 N–H and O–H groups in total. The fraction of sp³-hybridized carbons (Fsp3) is 0.222. The zero-order chi connectivity index (χ0) is 16.8. The summed E-state index contributed by atoms with van der Waals surface area (Å²) in [6, 6.07) is 13.8. The Labute approximate surface area is 140 Å². The van der Waals surface area contributed by atoms with Crippen LogP contribution in [0.1, 0.15) is 41.0 Å². The second kappa shape index (κ2) is 7.79. The quantitative estimate of drug-likeness (QED) is 0.866. The minimum Gasteiger partial charge on any atom is -0.350 e. The number of anilines is 1. The highest BCUT2D eigenvalue weighted by atomic mass is 35.5. The number of carbonyl (C=O) groups is 2. The summed E-state index contributed by atoms with van der Waals surface area (Å²) in [6.45, 7) is 3.93. The molecule has 23 heavy (non-hydrogen) atoms. The van der Waals surface area contributed by atoms with Gasteiger partial charge in [-0.05, 0) is 37.6 Å². The molecule has 0 saturated carbocycles. The molecule has 2 amide bonds. The van der Waals surface area contributed by atoms with Crippen LogP contribution in [0.25, 0.3) is 0 Å². The van der Waals surface area contributed by atoms with Crippen LogP contribution in [0.5, 0.6) is 0 Å². The van der Waals surface area contributed by atoms with E-state index in [9.17, 15) is 9.59 Å². The van der Waals surface area contributed by atoms with Gasteiger partial charge in [-0.1, -0.05) is 42.8 Å². The second-order valence-electron chi connectivity index (χ2n) is 5.26. The van der Waals surface area contributed by atoms with Crippen LogP contribution in [0, 0.1) is 0 Å². The Morgan fingerprint density at radius 3 is 2.26 bits per heavy atom. The summed E-state index contributed by atoms with van der Waals surface area (Å²) >= 11 is 6.04. The molecule has 1 atom stereocenters. The Morgan fingerprint density at radius 2 is 1.61 bits per heavy atom. The van der Waals surface area contributed by atoms with Crippen LogP contribution in [0.15, 0.2) is 48.5 Å². The molecular formula is C18H19ClN2O2. The maximum absolute atomic E-state index is 12.4. The van der Waals surface area contributed by atoms with Crippen molar-refractivity contribution in [2.24, 2.45) is 0 Å². The molecule has 2 rings (SSSR count). The van der Waals surface area contributed by atoms with E-state index in [0.717, 1.165) is 6.42 Å². The smallest absolute Gasteiger partial charge is 0.257 e. The molecule has 0 bridgehead atoms. The summed E-state index contributed by atoms with van der Waals surface area (Å²) in [5.74, 6) is -0.561. The van der Waals surface area contributed by atoms with E-state index >= 15 is 0 Å². The largest absolute Gasteiger partial charge is 0.350 e. The molecule has 0 aliphatic carbocycles. The first-order valence-corrected chi connectivity index (χ1v) is 7.86. The number of para-hydroxylation sites is 1. The highest BCUT2D eigenvalue weighted by Gasteiger charge is 2.16. The molecule has 0 spiro atoms. The van der Waals surface area contributed by atoms with Gasteiger partial charge >= 0.3 is 0 Å². The number of carbonyl (C=O) groups excluding carboxylic acids is 2. The van der Waals surface area contributed by atoms with Crippen molar-refractivity contribution < 1.29 is 9.59 Å². The van der Waals surface area contributed by atoms with Gasteiger partial charge in [0, 0.05) is 6.04 Å². The molecule has 0 fully saturated rings. The molecular weight excluding hydrogens is 312 g/mol. The van der Waals surface area contributed by atoms with Gasteiger partial charge in [0.25, 0.3) is 11.8 Å². The van der Waals surface area contributed by atoms with Gasteiger partial charge < -0.3 is 10.6 Å². The summed E-state index contributed by atoms with van der Waals surface area (Å²) in [7, 11) is 0. The Hall–Kier alpha value is -2.33. The lowest BCUT2D eigenvalue weighted by Gasteiger charge is -2.15. The number of nitrogens with one attached hydrogen (secondary N) is 2. The number of rotatable bonds is 5. The van der Waals surface area contributed by atoms with Gasteiger partial charge in [-0.3, -0.25) is 9.59 Å². The lowest BCUT2D eigenvalue weighted by Crippen LogP contribution is -2.32. The minimum atomic E-state index is -0.348. The van der Waals surface area contributed by atoms with Crippen LogP contribution in [-0.4, -0.2) is 17.9 Å². The standard InChI is InChI=1S/C18H19ClN2O2/c1-3-12(2)20-18(23)14-9-5-7-11-16(14)21-17(22)13-8-4-6-10-15(13)19/h4-12H,3H2,1-2H3,(H,20,23)(H,21,22)/t12-/m0/s1. The van der Waals surface area contributed by atoms with Crippen LogP contribution >= 0.6 is 11.6 Å². The molecule has 2 aromatic rings. The predicted molar refractivity (Wildman–Crippen MR) is 93.1 cm³/mol. The third-order valence-corrected chi connectivity index (χ3v) is 3.86. The number of benzene rings is 2. The first-order valence-electron chi connectivity index (χ1n) is 7.48. The van der Waals surface area contributed by atoms with Gasteiger partial charge in [0.2, 0.25) is 0 Å². The van der Waals surface area contributed by atoms with Crippen LogP contribution in [0.2, 0.25) is 5.02 Å². The molecule has 0 radical (unpaired) electrons. The zero-order valence-electron chi connectivity index (χ0n) is 13.1. The van der Waals surface area contributed by atoms with E-state index in [4.69, 9.17) is 11.6 Å². The zero-order valence-corrected chi connectivity index (χ0v) is 13.9. The molecule has 0 aliphatic rings. The van der Waals surface area contributed by atoms with Gasteiger partial charge in [0.05, 0.1) is 21.8 Å². The highest BCUT2D eigenvalue weighted by molar-refractivity contribution is 6.34. The van der Waals surface area contributed by atoms with E-state index < -0.39 is 0 Å². The Morgan fingerprint density at radius 1 is 1.00 bits per heavy atom. The maximum Gasteiger partial charge on any atom is 0.257 e. The van der Waals surface area contributed by atoms with Gasteiger partial charge in [-0.25, -0.2) is 0 Å². The Kier molecular flexibility index (Phi) is 5.77. The van der Waals surface area contributed by atoms with Crippen molar-refractivity contribution in [3.63, 3.8) is 0 Å². The van der Waals surface area contributed by atoms with E-state index in [1.807, 2.05) is 13.8 Å². The minimum absolute atomic E-state index is 0.0647. The van der Waals surface area contributed by atoms with E-state index in [-0.39, 0.29) is 17.9 Å². The third-order valence-electron chi connectivity index (χ3n) is 3.53. The molecule has 0 saturated heterocycles. The average molecular weight is 331 g/mol. The van der Waals surface area contributed by atoms with E-state index in [2.05, 4.69) is 10.6 Å². The molecule has 0 unspecified atom stereocenters. The summed E-state index contributed by atoms with van der Waals surface area (Å²) < 4.78 is 0. The lowest BCUT2D eigenvalue weighted by atomic mass is 10.1. The van der Waals surface area contributed by atoms with Crippen molar-refractivity contribution in [1.82, 2.24) is 5.32 Å². The number of amides is 2. The van der Waals surface area contributed by atoms with E-state index in [1.54, 1.807) is 48.5 Å². The normalized spacial score (nSPS) is 11.6. The maximum atomic E-state index is 12.4. The monoisotopic (exact) mass is 330 g/mol. The fourth-order valence-electron chi connectivity index (χ4n) is 2.03. The van der Waals surface area contributed by atoms with Crippen molar-refractivity contribution in [3.8, 4) is 0 Å². The third kappa shape index (κ3) is 4.33. The van der Waals surface area contributed by atoms with Gasteiger partial charge in [0.15, 0.2) is 0 Å². The number of hydrogen-bond acceptors (Lipinski definition) is 2. The topological polar surface area (TPSA) is 58.2 Å². The van der Waals surface area contributed by atoms with Crippen LogP contribution in [-0.2, 0) is 0 Å². The van der Waals surface area contributed by atoms with Gasteiger partial charge in [0.1, 0.15) is 0 Å². The summed E-state index contributed by atoms with van der Waals surface area (Å²) in [5, 5.41) is 6.02. The number of hydrogen-bond donors (Lipinski definition) is 2. The first kappa shape index (κ1) is 17.0. The molecule has 120 valence electrons.